The predicted octanol–water partition coefficient (Wildman–Crippen LogP) is 4.80. The maximum atomic E-state index is 12.3. The normalized spacial score (nSPS) is 10.8. The Morgan fingerprint density at radius 3 is 2.52 bits per heavy atom. The van der Waals surface area contributed by atoms with Gasteiger partial charge in [0.25, 0.3) is 0 Å². The fourth-order valence-electron chi connectivity index (χ4n) is 2.41. The van der Waals surface area contributed by atoms with Gasteiger partial charge in [-0.05, 0) is 36.4 Å². The second-order valence-electron chi connectivity index (χ2n) is 5.53. The molecule has 0 saturated carbocycles. The minimum atomic E-state index is -0.177. The minimum Gasteiger partial charge on any atom is -0.457 e. The number of carbonyl (C=O) groups excluding carboxylic acids is 2. The third kappa shape index (κ3) is 4.32. The molecule has 0 aliphatic heterocycles. The summed E-state index contributed by atoms with van der Waals surface area (Å²) in [7, 11) is 0. The van der Waals surface area contributed by atoms with Gasteiger partial charge in [0.05, 0.1) is 0 Å². The molecule has 0 atom stereocenters. The molecule has 0 spiro atoms. The molecule has 1 heterocycles. The van der Waals surface area contributed by atoms with Crippen molar-refractivity contribution < 1.29 is 14.0 Å². The summed E-state index contributed by atoms with van der Waals surface area (Å²) in [6.07, 6.45) is 3.10. The summed E-state index contributed by atoms with van der Waals surface area (Å²) in [6, 6.07) is 20.3. The lowest BCUT2D eigenvalue weighted by atomic mass is 10.1. The Bertz CT molecular complexity index is 923. The maximum absolute atomic E-state index is 12.3. The zero-order chi connectivity index (χ0) is 17.6. The number of furan rings is 1. The van der Waals surface area contributed by atoms with E-state index in [1.165, 1.54) is 13.0 Å². The monoisotopic (exact) mass is 331 g/mol. The molecule has 1 amide bonds. The van der Waals surface area contributed by atoms with E-state index in [0.29, 0.717) is 17.0 Å². The third-order valence-corrected chi connectivity index (χ3v) is 3.55. The van der Waals surface area contributed by atoms with E-state index in [2.05, 4.69) is 5.32 Å². The quantitative estimate of drug-likeness (QED) is 0.539. The smallest absolute Gasteiger partial charge is 0.221 e. The molecule has 0 unspecified atom stereocenters. The second kappa shape index (κ2) is 7.45. The average Bonchev–Trinajstić information content (AvgIpc) is 3.09. The number of hydrogen-bond acceptors (Lipinski definition) is 3. The second-order valence-corrected chi connectivity index (χ2v) is 5.53. The molecule has 3 rings (SSSR count). The van der Waals surface area contributed by atoms with Crippen LogP contribution >= 0.6 is 0 Å². The Balaban J connectivity index is 1.73. The number of amides is 1. The van der Waals surface area contributed by atoms with Gasteiger partial charge in [0.1, 0.15) is 11.5 Å². The van der Waals surface area contributed by atoms with Crippen LogP contribution in [0.3, 0.4) is 0 Å². The topological polar surface area (TPSA) is 59.3 Å². The molecule has 0 radical (unpaired) electrons. The van der Waals surface area contributed by atoms with Crippen molar-refractivity contribution in [3.63, 3.8) is 0 Å². The van der Waals surface area contributed by atoms with Crippen molar-refractivity contribution in [2.45, 2.75) is 6.92 Å². The van der Waals surface area contributed by atoms with Crippen LogP contribution in [0.25, 0.3) is 17.4 Å². The van der Waals surface area contributed by atoms with Gasteiger partial charge >= 0.3 is 0 Å². The van der Waals surface area contributed by atoms with Crippen molar-refractivity contribution in [2.24, 2.45) is 0 Å². The van der Waals surface area contributed by atoms with Crippen LogP contribution in [0.2, 0.25) is 0 Å². The Kier molecular flexibility index (Phi) is 4.90. The van der Waals surface area contributed by atoms with E-state index in [4.69, 9.17) is 4.42 Å². The summed E-state index contributed by atoms with van der Waals surface area (Å²) in [4.78, 5) is 23.4. The molecule has 0 bridgehead atoms. The number of anilines is 1. The molecule has 1 N–H and O–H groups in total. The Morgan fingerprint density at radius 2 is 1.76 bits per heavy atom. The van der Waals surface area contributed by atoms with Crippen molar-refractivity contribution >= 4 is 23.5 Å². The SMILES string of the molecule is CC(=O)Nc1cccc(C(=O)/C=C/c2ccc(-c3ccccc3)o2)c1. The van der Waals surface area contributed by atoms with Crippen LogP contribution in [0.4, 0.5) is 5.69 Å². The number of rotatable bonds is 5. The lowest BCUT2D eigenvalue weighted by molar-refractivity contribution is -0.114. The van der Waals surface area contributed by atoms with E-state index >= 15 is 0 Å². The van der Waals surface area contributed by atoms with Crippen molar-refractivity contribution in [3.8, 4) is 11.3 Å². The number of benzene rings is 2. The van der Waals surface area contributed by atoms with Crippen LogP contribution in [0.1, 0.15) is 23.0 Å². The maximum Gasteiger partial charge on any atom is 0.221 e. The summed E-state index contributed by atoms with van der Waals surface area (Å²) in [5, 5.41) is 2.66. The summed E-state index contributed by atoms with van der Waals surface area (Å²) in [5.74, 6) is 1.01. The van der Waals surface area contributed by atoms with Crippen LogP contribution in [-0.2, 0) is 4.79 Å². The van der Waals surface area contributed by atoms with Crippen LogP contribution in [0.15, 0.2) is 77.2 Å². The van der Waals surface area contributed by atoms with Crippen LogP contribution in [0, 0.1) is 0 Å². The van der Waals surface area contributed by atoms with Gasteiger partial charge in [0, 0.05) is 23.7 Å². The number of carbonyl (C=O) groups is 2. The van der Waals surface area contributed by atoms with Gasteiger partial charge in [0.15, 0.2) is 5.78 Å². The van der Waals surface area contributed by atoms with Gasteiger partial charge in [-0.25, -0.2) is 0 Å². The highest BCUT2D eigenvalue weighted by molar-refractivity contribution is 6.07. The van der Waals surface area contributed by atoms with E-state index in [0.717, 1.165) is 11.3 Å². The summed E-state index contributed by atoms with van der Waals surface area (Å²) in [6.45, 7) is 1.43. The Hall–Kier alpha value is -3.40. The predicted molar refractivity (Wildman–Crippen MR) is 98.3 cm³/mol. The standard InChI is InChI=1S/C21H17NO3/c1-15(23)22-18-9-5-8-17(14-18)20(24)12-10-19-11-13-21(25-19)16-6-3-2-4-7-16/h2-14H,1H3,(H,22,23)/b12-10+. The first-order valence-corrected chi connectivity index (χ1v) is 7.87. The van der Waals surface area contributed by atoms with Crippen LogP contribution < -0.4 is 5.32 Å². The Morgan fingerprint density at radius 1 is 0.960 bits per heavy atom. The summed E-state index contributed by atoms with van der Waals surface area (Å²) < 4.78 is 5.74. The summed E-state index contributed by atoms with van der Waals surface area (Å²) >= 11 is 0. The fraction of sp³-hybridized carbons (Fsp3) is 0.0476. The first-order chi connectivity index (χ1) is 12.1. The van der Waals surface area contributed by atoms with Gasteiger partial charge < -0.3 is 9.73 Å². The van der Waals surface area contributed by atoms with Gasteiger partial charge in [-0.3, -0.25) is 9.59 Å². The molecule has 0 fully saturated rings. The van der Waals surface area contributed by atoms with E-state index in [9.17, 15) is 9.59 Å². The van der Waals surface area contributed by atoms with Gasteiger partial charge in [-0.2, -0.15) is 0 Å². The molecule has 4 heteroatoms. The number of ketones is 1. The number of hydrogen-bond donors (Lipinski definition) is 1. The lowest BCUT2D eigenvalue weighted by Gasteiger charge is -2.03. The van der Waals surface area contributed by atoms with Crippen LogP contribution in [-0.4, -0.2) is 11.7 Å². The highest BCUT2D eigenvalue weighted by Crippen LogP contribution is 2.22. The Labute approximate surface area is 145 Å². The zero-order valence-corrected chi connectivity index (χ0v) is 13.7. The highest BCUT2D eigenvalue weighted by Gasteiger charge is 2.06. The number of nitrogens with one attached hydrogen (secondary N) is 1. The molecule has 4 nitrogen and oxygen atoms in total. The lowest BCUT2D eigenvalue weighted by Crippen LogP contribution is -2.06. The highest BCUT2D eigenvalue weighted by atomic mass is 16.3. The molecule has 124 valence electrons. The molecule has 2 aromatic carbocycles. The molecule has 0 aliphatic rings. The zero-order valence-electron chi connectivity index (χ0n) is 13.7. The van der Waals surface area contributed by atoms with Crippen molar-refractivity contribution in [1.29, 1.82) is 0 Å². The van der Waals surface area contributed by atoms with E-state index in [1.54, 1.807) is 30.3 Å². The minimum absolute atomic E-state index is 0.162. The van der Waals surface area contributed by atoms with E-state index in [1.807, 2.05) is 42.5 Å². The fourth-order valence-corrected chi connectivity index (χ4v) is 2.41. The van der Waals surface area contributed by atoms with Crippen molar-refractivity contribution in [3.05, 3.63) is 84.1 Å². The number of allylic oxidation sites excluding steroid dienone is 1. The molecular formula is C21H17NO3. The first kappa shape index (κ1) is 16.5. The van der Waals surface area contributed by atoms with Crippen LogP contribution in [0.5, 0.6) is 0 Å². The van der Waals surface area contributed by atoms with Crippen molar-refractivity contribution in [1.82, 2.24) is 0 Å². The van der Waals surface area contributed by atoms with Gasteiger partial charge in [-0.15, -0.1) is 0 Å². The molecule has 0 saturated heterocycles. The van der Waals surface area contributed by atoms with Gasteiger partial charge in [0.2, 0.25) is 5.91 Å². The van der Waals surface area contributed by atoms with E-state index in [-0.39, 0.29) is 11.7 Å². The molecule has 0 aliphatic carbocycles. The summed E-state index contributed by atoms with van der Waals surface area (Å²) in [5.41, 5.74) is 2.07. The molecular weight excluding hydrogens is 314 g/mol. The van der Waals surface area contributed by atoms with Crippen molar-refractivity contribution in [2.75, 3.05) is 5.32 Å². The average molecular weight is 331 g/mol. The largest absolute Gasteiger partial charge is 0.457 e. The molecule has 3 aromatic rings. The third-order valence-electron chi connectivity index (χ3n) is 3.55. The van der Waals surface area contributed by atoms with E-state index < -0.39 is 0 Å². The van der Waals surface area contributed by atoms with Gasteiger partial charge in [-0.1, -0.05) is 42.5 Å². The molecule has 1 aromatic heterocycles. The molecule has 25 heavy (non-hydrogen) atoms. The first-order valence-electron chi connectivity index (χ1n) is 7.87.